The highest BCUT2D eigenvalue weighted by Gasteiger charge is 2.46. The van der Waals surface area contributed by atoms with Crippen LogP contribution in [0.5, 0.6) is 5.75 Å². The fraction of sp³-hybridized carbons (Fsp3) is 0.475. The van der Waals surface area contributed by atoms with Gasteiger partial charge in [0.25, 0.3) is 5.91 Å². The van der Waals surface area contributed by atoms with E-state index in [1.807, 2.05) is 51.3 Å². The molecule has 2 aromatic heterocycles. The number of amides is 2. The molecule has 0 spiro atoms. The van der Waals surface area contributed by atoms with Crippen LogP contribution in [-0.4, -0.2) is 142 Å². The van der Waals surface area contributed by atoms with Gasteiger partial charge in [0.2, 0.25) is 5.91 Å². The SMILES string of the molecule is CCOC(=O)CN1CCN(NC(=O)C2(c3cccnc3)CCN(CCC3(c4ccc(Cl)c(Cl)c4)CCN(C(=O)c4cc(-n5cnnn5)ccc4OC)C3)CC2)CC1. The van der Waals surface area contributed by atoms with Gasteiger partial charge in [-0.1, -0.05) is 35.3 Å². The van der Waals surface area contributed by atoms with Crippen molar-refractivity contribution in [3.05, 3.63) is 94.0 Å². The van der Waals surface area contributed by atoms with Crippen LogP contribution < -0.4 is 10.2 Å². The summed E-state index contributed by atoms with van der Waals surface area (Å²) in [6.45, 7) is 8.10. The van der Waals surface area contributed by atoms with Crippen LogP contribution in [0.25, 0.3) is 5.69 Å². The van der Waals surface area contributed by atoms with Gasteiger partial charge in [-0.2, -0.15) is 0 Å². The third-order valence-electron chi connectivity index (χ3n) is 11.8. The van der Waals surface area contributed by atoms with Gasteiger partial charge in [0.1, 0.15) is 12.1 Å². The zero-order chi connectivity index (χ0) is 40.0. The highest BCUT2D eigenvalue weighted by molar-refractivity contribution is 6.42. The quantitative estimate of drug-likeness (QED) is 0.196. The number of tetrazole rings is 1. The lowest BCUT2D eigenvalue weighted by Crippen LogP contribution is -2.59. The minimum Gasteiger partial charge on any atom is -0.496 e. The number of carbonyl (C=O) groups excluding carboxylic acids is 3. The summed E-state index contributed by atoms with van der Waals surface area (Å²) in [5.41, 5.74) is 5.09. The van der Waals surface area contributed by atoms with Crippen molar-refractivity contribution in [2.75, 3.05) is 79.2 Å². The van der Waals surface area contributed by atoms with E-state index < -0.39 is 10.8 Å². The van der Waals surface area contributed by atoms with Crippen LogP contribution in [0.1, 0.15) is 54.1 Å². The number of nitrogens with one attached hydrogen (secondary N) is 1. The first-order chi connectivity index (χ1) is 27.6. The van der Waals surface area contributed by atoms with E-state index in [2.05, 4.69) is 30.8 Å². The van der Waals surface area contributed by atoms with Gasteiger partial charge in [-0.05, 0) is 110 Å². The molecule has 2 aromatic carbocycles. The molecule has 3 aliphatic heterocycles. The molecule has 3 aliphatic rings. The Morgan fingerprint density at radius 3 is 2.39 bits per heavy atom. The van der Waals surface area contributed by atoms with Gasteiger partial charge in [-0.25, -0.2) is 9.69 Å². The monoisotopic (exact) mass is 818 g/mol. The van der Waals surface area contributed by atoms with Crippen molar-refractivity contribution in [3.8, 4) is 11.4 Å². The van der Waals surface area contributed by atoms with Crippen LogP contribution in [0.15, 0.2) is 67.3 Å². The van der Waals surface area contributed by atoms with E-state index >= 15 is 0 Å². The number of esters is 1. The number of carbonyl (C=O) groups is 3. The zero-order valence-corrected chi connectivity index (χ0v) is 33.8. The van der Waals surface area contributed by atoms with Crippen LogP contribution in [0.4, 0.5) is 0 Å². The predicted octanol–water partition coefficient (Wildman–Crippen LogP) is 3.79. The van der Waals surface area contributed by atoms with Crippen molar-refractivity contribution < 1.29 is 23.9 Å². The average Bonchev–Trinajstić information content (AvgIpc) is 3.94. The molecule has 3 saturated heterocycles. The maximum Gasteiger partial charge on any atom is 0.320 e. The van der Waals surface area contributed by atoms with Gasteiger partial charge in [0, 0.05) is 57.1 Å². The molecule has 1 N–H and O–H groups in total. The molecule has 0 radical (unpaired) electrons. The summed E-state index contributed by atoms with van der Waals surface area (Å²) in [7, 11) is 1.55. The Balaban J connectivity index is 1.04. The molecule has 0 bridgehead atoms. The molecule has 5 heterocycles. The Labute approximate surface area is 342 Å². The summed E-state index contributed by atoms with van der Waals surface area (Å²) in [4.78, 5) is 51.3. The fourth-order valence-corrected chi connectivity index (χ4v) is 8.69. The van der Waals surface area contributed by atoms with Gasteiger partial charge in [0.05, 0.1) is 47.0 Å². The molecule has 1 atom stereocenters. The van der Waals surface area contributed by atoms with Crippen LogP contribution in [0, 0.1) is 0 Å². The van der Waals surface area contributed by atoms with E-state index in [0.29, 0.717) is 98.9 Å². The standard InChI is InChI=1S/C40H48Cl2N10O5/c1-3-57-36(53)26-49-19-21-51(22-20-49)45-38(55)40(30-5-4-14-43-25-30)12-16-48(17-13-40)15-10-39(29-6-8-33(41)34(42)23-29)11-18-50(27-39)37(54)32-24-31(7-9-35(32)56-2)52-28-44-46-47-52/h4-9,14,23-25,28H,3,10-13,15-22,26-27H2,1-2H3,(H,45,55). The van der Waals surface area contributed by atoms with Gasteiger partial charge < -0.3 is 19.3 Å². The van der Waals surface area contributed by atoms with Crippen LogP contribution in [0.3, 0.4) is 0 Å². The number of nitrogens with zero attached hydrogens (tertiary/aromatic N) is 9. The van der Waals surface area contributed by atoms with Gasteiger partial charge in [-0.3, -0.25) is 29.7 Å². The number of hydrogen-bond donors (Lipinski definition) is 1. The smallest absolute Gasteiger partial charge is 0.320 e. The molecule has 57 heavy (non-hydrogen) atoms. The largest absolute Gasteiger partial charge is 0.496 e. The number of rotatable bonds is 13. The van der Waals surface area contributed by atoms with E-state index in [9.17, 15) is 14.4 Å². The van der Waals surface area contributed by atoms with Gasteiger partial charge in [-0.15, -0.1) is 5.10 Å². The topological polar surface area (TPSA) is 151 Å². The Hall–Kier alpha value is -4.67. The predicted molar refractivity (Wildman–Crippen MR) is 213 cm³/mol. The molecule has 0 saturated carbocycles. The lowest BCUT2D eigenvalue weighted by atomic mass is 9.72. The summed E-state index contributed by atoms with van der Waals surface area (Å²) in [6.07, 6.45) is 7.75. The lowest BCUT2D eigenvalue weighted by molar-refractivity contribution is -0.145. The molecule has 4 aromatic rings. The maximum atomic E-state index is 14.3. The number of piperidine rings is 1. The number of pyridine rings is 1. The zero-order valence-electron chi connectivity index (χ0n) is 32.3. The molecule has 17 heteroatoms. The first kappa shape index (κ1) is 40.5. The number of hydrazine groups is 1. The Kier molecular flexibility index (Phi) is 12.7. The van der Waals surface area contributed by atoms with Crippen LogP contribution in [-0.2, 0) is 25.2 Å². The van der Waals surface area contributed by atoms with Crippen molar-refractivity contribution in [1.82, 2.24) is 50.3 Å². The van der Waals surface area contributed by atoms with Crippen molar-refractivity contribution >= 4 is 41.0 Å². The van der Waals surface area contributed by atoms with Crippen molar-refractivity contribution in [2.45, 2.75) is 43.4 Å². The Morgan fingerprint density at radius 1 is 0.895 bits per heavy atom. The summed E-state index contributed by atoms with van der Waals surface area (Å²) in [5, 5.41) is 14.4. The van der Waals surface area contributed by atoms with Crippen molar-refractivity contribution in [3.63, 3.8) is 0 Å². The first-order valence-electron chi connectivity index (χ1n) is 19.4. The highest BCUT2D eigenvalue weighted by atomic mass is 35.5. The van der Waals surface area contributed by atoms with Crippen molar-refractivity contribution in [2.24, 2.45) is 0 Å². The fourth-order valence-electron chi connectivity index (χ4n) is 8.39. The number of ether oxygens (including phenoxy) is 2. The second-order valence-electron chi connectivity index (χ2n) is 14.9. The number of piperazine rings is 1. The van der Waals surface area contributed by atoms with E-state index in [-0.39, 0.29) is 24.3 Å². The number of halogens is 2. The van der Waals surface area contributed by atoms with E-state index in [0.717, 1.165) is 30.5 Å². The summed E-state index contributed by atoms with van der Waals surface area (Å²) >= 11 is 13.0. The number of benzene rings is 2. The van der Waals surface area contributed by atoms with Gasteiger partial charge in [0.15, 0.2) is 0 Å². The normalized spacial score (nSPS) is 20.3. The van der Waals surface area contributed by atoms with E-state index in [1.165, 1.54) is 11.0 Å². The second kappa shape index (κ2) is 17.9. The molecular formula is C40H48Cl2N10O5. The maximum absolute atomic E-state index is 14.3. The van der Waals surface area contributed by atoms with Crippen LogP contribution in [0.2, 0.25) is 10.0 Å². The molecule has 15 nitrogen and oxygen atoms in total. The molecule has 0 aliphatic carbocycles. The minimum absolute atomic E-state index is 0.0363. The minimum atomic E-state index is -0.749. The number of methoxy groups -OCH3 is 1. The molecule has 1 unspecified atom stereocenters. The Bertz CT molecular complexity index is 2020. The van der Waals surface area contributed by atoms with Gasteiger partial charge >= 0.3 is 5.97 Å². The third kappa shape index (κ3) is 8.92. The van der Waals surface area contributed by atoms with Crippen LogP contribution >= 0.6 is 23.2 Å². The number of aromatic nitrogens is 5. The molecule has 3 fully saturated rings. The highest BCUT2D eigenvalue weighted by Crippen LogP contribution is 2.42. The molecular weight excluding hydrogens is 771 g/mol. The number of likely N-dealkylation sites (tertiary alicyclic amines) is 2. The van der Waals surface area contributed by atoms with Crippen molar-refractivity contribution in [1.29, 1.82) is 0 Å². The summed E-state index contributed by atoms with van der Waals surface area (Å²) < 4.78 is 12.2. The summed E-state index contributed by atoms with van der Waals surface area (Å²) in [5.74, 6) is 0.0539. The lowest BCUT2D eigenvalue weighted by Gasteiger charge is -2.43. The summed E-state index contributed by atoms with van der Waals surface area (Å²) in [6, 6.07) is 15.0. The van der Waals surface area contributed by atoms with E-state index in [1.54, 1.807) is 38.4 Å². The average molecular weight is 820 g/mol. The number of hydrogen-bond acceptors (Lipinski definition) is 12. The second-order valence-corrected chi connectivity index (χ2v) is 15.8. The van der Waals surface area contributed by atoms with E-state index in [4.69, 9.17) is 32.7 Å². The Morgan fingerprint density at radius 2 is 1.70 bits per heavy atom. The first-order valence-corrected chi connectivity index (χ1v) is 20.1. The third-order valence-corrected chi connectivity index (χ3v) is 12.5. The molecule has 302 valence electrons. The molecule has 7 rings (SSSR count). The molecule has 2 amide bonds.